The highest BCUT2D eigenvalue weighted by molar-refractivity contribution is 6.43. The van der Waals surface area contributed by atoms with E-state index in [4.69, 9.17) is 23.2 Å². The van der Waals surface area contributed by atoms with Crippen molar-refractivity contribution in [2.24, 2.45) is 0 Å². The lowest BCUT2D eigenvalue weighted by molar-refractivity contribution is -0.120. The van der Waals surface area contributed by atoms with Crippen molar-refractivity contribution in [3.05, 3.63) is 63.4 Å². The molecule has 0 bridgehead atoms. The number of rotatable bonds is 6. The number of hydrogen-bond acceptors (Lipinski definition) is 3. The molecule has 0 saturated carbocycles. The van der Waals surface area contributed by atoms with Crippen LogP contribution in [0.1, 0.15) is 46.9 Å². The summed E-state index contributed by atoms with van der Waals surface area (Å²) in [6.45, 7) is 1.94. The summed E-state index contributed by atoms with van der Waals surface area (Å²) in [7, 11) is 0. The Balaban J connectivity index is 1.91. The lowest BCUT2D eigenvalue weighted by Gasteiger charge is -2.25. The summed E-state index contributed by atoms with van der Waals surface area (Å²) in [5.74, 6) is -2.13. The Bertz CT molecular complexity index is 906. The minimum Gasteiger partial charge on any atom is -0.324 e. The molecule has 0 unspecified atom stereocenters. The van der Waals surface area contributed by atoms with Crippen molar-refractivity contribution in [2.75, 3.05) is 5.32 Å². The molecule has 1 aliphatic rings. The monoisotopic (exact) mass is 422 g/mol. The van der Waals surface area contributed by atoms with Crippen LogP contribution in [0.2, 0.25) is 10.0 Å². The first-order valence-corrected chi connectivity index (χ1v) is 9.52. The molecule has 1 N–H and O–H groups in total. The minimum atomic E-state index is -1.00. The van der Waals surface area contributed by atoms with E-state index in [2.05, 4.69) is 5.32 Å². The van der Waals surface area contributed by atoms with Crippen LogP contribution in [0.3, 0.4) is 0 Å². The van der Waals surface area contributed by atoms with E-state index >= 15 is 0 Å². The van der Waals surface area contributed by atoms with Crippen molar-refractivity contribution in [3.8, 4) is 0 Å². The van der Waals surface area contributed by atoms with E-state index < -0.39 is 29.6 Å². The highest BCUT2D eigenvalue weighted by Gasteiger charge is 2.43. The van der Waals surface area contributed by atoms with Crippen molar-refractivity contribution in [3.63, 3.8) is 0 Å². The molecule has 2 aromatic carbocycles. The highest BCUT2D eigenvalue weighted by atomic mass is 35.5. The highest BCUT2D eigenvalue weighted by Crippen LogP contribution is 2.33. The third-order valence-corrected chi connectivity index (χ3v) is 5.24. The number of nitrogens with one attached hydrogen (secondary N) is 1. The fourth-order valence-electron chi connectivity index (χ4n) is 3.07. The summed E-state index contributed by atoms with van der Waals surface area (Å²) < 4.78 is 13.1. The zero-order chi connectivity index (χ0) is 20.4. The molecule has 0 radical (unpaired) electrons. The molecular weight excluding hydrogens is 406 g/mol. The van der Waals surface area contributed by atoms with Gasteiger partial charge in [0.05, 0.1) is 21.2 Å². The first-order chi connectivity index (χ1) is 13.3. The number of halogens is 3. The molecular formula is C20H17Cl2FN2O3. The largest absolute Gasteiger partial charge is 0.324 e. The summed E-state index contributed by atoms with van der Waals surface area (Å²) in [4.78, 5) is 39.5. The number of amides is 3. The molecule has 2 aromatic rings. The quantitative estimate of drug-likeness (QED) is 0.671. The van der Waals surface area contributed by atoms with E-state index in [0.29, 0.717) is 18.5 Å². The SMILES string of the molecule is CCCC[C@@H](C(=O)Nc1ccc(F)cc1)N1C(=O)c2cc(Cl)c(Cl)cc2C1=O. The van der Waals surface area contributed by atoms with Crippen LogP contribution in [-0.2, 0) is 4.79 Å². The number of carbonyl (C=O) groups excluding carboxylic acids is 3. The second-order valence-corrected chi connectivity index (χ2v) is 7.26. The minimum absolute atomic E-state index is 0.121. The molecule has 8 heteroatoms. The van der Waals surface area contributed by atoms with Crippen LogP contribution in [0.25, 0.3) is 0 Å². The maximum atomic E-state index is 13.1. The van der Waals surface area contributed by atoms with Gasteiger partial charge in [-0.15, -0.1) is 0 Å². The molecule has 28 heavy (non-hydrogen) atoms. The van der Waals surface area contributed by atoms with E-state index in [-0.39, 0.29) is 21.2 Å². The van der Waals surface area contributed by atoms with Crippen molar-refractivity contribution < 1.29 is 18.8 Å². The Labute approximate surface area is 171 Å². The zero-order valence-electron chi connectivity index (χ0n) is 15.0. The van der Waals surface area contributed by atoms with Crippen LogP contribution in [0.5, 0.6) is 0 Å². The van der Waals surface area contributed by atoms with Gasteiger partial charge in [0.2, 0.25) is 5.91 Å². The van der Waals surface area contributed by atoms with Gasteiger partial charge in [0, 0.05) is 5.69 Å². The van der Waals surface area contributed by atoms with Gasteiger partial charge in [-0.25, -0.2) is 4.39 Å². The second-order valence-electron chi connectivity index (χ2n) is 6.45. The number of nitrogens with zero attached hydrogens (tertiary/aromatic N) is 1. The fourth-order valence-corrected chi connectivity index (χ4v) is 3.40. The van der Waals surface area contributed by atoms with E-state index in [1.165, 1.54) is 36.4 Å². The summed E-state index contributed by atoms with van der Waals surface area (Å²) in [5.41, 5.74) is 0.613. The third-order valence-electron chi connectivity index (χ3n) is 4.52. The summed E-state index contributed by atoms with van der Waals surface area (Å²) in [5, 5.41) is 2.96. The maximum Gasteiger partial charge on any atom is 0.262 e. The van der Waals surface area contributed by atoms with Crippen LogP contribution in [0, 0.1) is 5.82 Å². The van der Waals surface area contributed by atoms with Gasteiger partial charge in [-0.05, 0) is 42.8 Å². The lowest BCUT2D eigenvalue weighted by atomic mass is 10.1. The van der Waals surface area contributed by atoms with E-state index in [1.54, 1.807) is 0 Å². The Morgan fingerprint density at radius 2 is 1.61 bits per heavy atom. The number of anilines is 1. The number of fused-ring (bicyclic) bond motifs is 1. The van der Waals surface area contributed by atoms with Gasteiger partial charge < -0.3 is 5.32 Å². The number of carbonyl (C=O) groups is 3. The average Bonchev–Trinajstić information content (AvgIpc) is 2.89. The van der Waals surface area contributed by atoms with Gasteiger partial charge in [-0.2, -0.15) is 0 Å². The molecule has 0 saturated heterocycles. The molecule has 3 amide bonds. The van der Waals surface area contributed by atoms with Crippen LogP contribution in [0.15, 0.2) is 36.4 Å². The van der Waals surface area contributed by atoms with Crippen LogP contribution >= 0.6 is 23.2 Å². The van der Waals surface area contributed by atoms with Gasteiger partial charge in [-0.1, -0.05) is 43.0 Å². The van der Waals surface area contributed by atoms with Gasteiger partial charge >= 0.3 is 0 Å². The summed E-state index contributed by atoms with van der Waals surface area (Å²) in [6.07, 6.45) is 1.72. The van der Waals surface area contributed by atoms with Gasteiger partial charge in [0.15, 0.2) is 0 Å². The zero-order valence-corrected chi connectivity index (χ0v) is 16.5. The van der Waals surface area contributed by atoms with Crippen molar-refractivity contribution in [1.82, 2.24) is 4.90 Å². The van der Waals surface area contributed by atoms with Crippen LogP contribution in [-0.4, -0.2) is 28.7 Å². The first-order valence-electron chi connectivity index (χ1n) is 8.76. The molecule has 0 aliphatic carbocycles. The normalized spacial score (nSPS) is 14.2. The van der Waals surface area contributed by atoms with E-state index in [0.717, 1.165) is 11.3 Å². The van der Waals surface area contributed by atoms with Crippen LogP contribution < -0.4 is 5.32 Å². The molecule has 1 atom stereocenters. The summed E-state index contributed by atoms with van der Waals surface area (Å²) >= 11 is 11.9. The average molecular weight is 423 g/mol. The van der Waals surface area contributed by atoms with Crippen molar-refractivity contribution >= 4 is 46.6 Å². The Kier molecular flexibility index (Phi) is 6.01. The predicted molar refractivity (Wildman–Crippen MR) is 105 cm³/mol. The van der Waals surface area contributed by atoms with Gasteiger partial charge in [0.1, 0.15) is 11.9 Å². The molecule has 0 fully saturated rings. The lowest BCUT2D eigenvalue weighted by Crippen LogP contribution is -2.47. The molecule has 0 aromatic heterocycles. The number of imide groups is 1. The molecule has 1 heterocycles. The van der Waals surface area contributed by atoms with Crippen molar-refractivity contribution in [2.45, 2.75) is 32.2 Å². The molecule has 0 spiro atoms. The topological polar surface area (TPSA) is 66.5 Å². The third kappa shape index (κ3) is 3.88. The Hall–Kier alpha value is -2.44. The van der Waals surface area contributed by atoms with E-state index in [9.17, 15) is 18.8 Å². The Morgan fingerprint density at radius 3 is 2.11 bits per heavy atom. The standard InChI is InChI=1S/C20H17Cl2FN2O3/c1-2-3-4-17(18(26)24-12-7-5-11(23)6-8-12)25-19(27)13-9-15(21)16(22)10-14(13)20(25)28/h5-10,17H,2-4H2,1H3,(H,24,26)/t17-/m0/s1. The summed E-state index contributed by atoms with van der Waals surface area (Å²) in [6, 6.07) is 6.92. The smallest absolute Gasteiger partial charge is 0.262 e. The Morgan fingerprint density at radius 1 is 1.07 bits per heavy atom. The molecule has 1 aliphatic heterocycles. The predicted octanol–water partition coefficient (Wildman–Crippen LogP) is 4.93. The molecule has 3 rings (SSSR count). The first kappa shape index (κ1) is 20.3. The second kappa shape index (κ2) is 8.29. The van der Waals surface area contributed by atoms with E-state index in [1.807, 2.05) is 6.92 Å². The molecule has 146 valence electrons. The van der Waals surface area contributed by atoms with Crippen LogP contribution in [0.4, 0.5) is 10.1 Å². The maximum absolute atomic E-state index is 13.1. The van der Waals surface area contributed by atoms with Crippen molar-refractivity contribution in [1.29, 1.82) is 0 Å². The van der Waals surface area contributed by atoms with Gasteiger partial charge in [-0.3, -0.25) is 19.3 Å². The fraction of sp³-hybridized carbons (Fsp3) is 0.250. The number of benzene rings is 2. The molecule has 5 nitrogen and oxygen atoms in total. The number of unbranched alkanes of at least 4 members (excludes halogenated alkanes) is 1. The van der Waals surface area contributed by atoms with Gasteiger partial charge in [0.25, 0.3) is 11.8 Å². The number of hydrogen-bond donors (Lipinski definition) is 1.